The molecular formula is C27H28ClFN2O3. The van der Waals surface area contributed by atoms with Crippen molar-refractivity contribution in [1.29, 1.82) is 0 Å². The summed E-state index contributed by atoms with van der Waals surface area (Å²) in [6.07, 6.45) is -0.478. The third-order valence-corrected chi connectivity index (χ3v) is 5.90. The number of benzene rings is 3. The van der Waals surface area contributed by atoms with Crippen molar-refractivity contribution in [3.8, 4) is 5.75 Å². The summed E-state index contributed by atoms with van der Waals surface area (Å²) in [6.45, 7) is 3.58. The van der Waals surface area contributed by atoms with E-state index in [4.69, 9.17) is 21.2 Å². The Hall–Kier alpha value is -2.93. The van der Waals surface area contributed by atoms with Gasteiger partial charge in [-0.3, -0.25) is 4.90 Å². The molecule has 34 heavy (non-hydrogen) atoms. The number of rotatable bonds is 10. The average molecular weight is 483 g/mol. The molecule has 4 rings (SSSR count). The van der Waals surface area contributed by atoms with Gasteiger partial charge >= 0.3 is 0 Å². The van der Waals surface area contributed by atoms with Crippen molar-refractivity contribution in [2.45, 2.75) is 32.1 Å². The lowest BCUT2D eigenvalue weighted by molar-refractivity contribution is 0.0212. The Morgan fingerprint density at radius 2 is 1.94 bits per heavy atom. The molecule has 0 bridgehead atoms. The van der Waals surface area contributed by atoms with Gasteiger partial charge in [-0.25, -0.2) is 4.39 Å². The maximum Gasteiger partial charge on any atom is 0.145 e. The lowest BCUT2D eigenvalue weighted by atomic mass is 10.0. The summed E-state index contributed by atoms with van der Waals surface area (Å²) in [7, 11) is 0. The van der Waals surface area contributed by atoms with Crippen LogP contribution in [0, 0.1) is 12.7 Å². The number of hydrogen-bond acceptors (Lipinski definition) is 5. The second-order valence-corrected chi connectivity index (χ2v) is 8.94. The molecule has 178 valence electrons. The quantitative estimate of drug-likeness (QED) is 0.430. The molecule has 7 heteroatoms. The van der Waals surface area contributed by atoms with Crippen molar-refractivity contribution in [3.63, 3.8) is 0 Å². The van der Waals surface area contributed by atoms with Crippen LogP contribution in [-0.2, 0) is 11.4 Å². The van der Waals surface area contributed by atoms with Crippen LogP contribution in [0.4, 0.5) is 4.39 Å². The van der Waals surface area contributed by atoms with E-state index in [9.17, 15) is 9.50 Å². The van der Waals surface area contributed by atoms with E-state index in [1.165, 1.54) is 6.07 Å². The highest BCUT2D eigenvalue weighted by atomic mass is 35.5. The monoisotopic (exact) mass is 482 g/mol. The zero-order chi connectivity index (χ0) is 23.9. The Kier molecular flexibility index (Phi) is 8.16. The van der Waals surface area contributed by atoms with E-state index >= 15 is 0 Å². The Bertz CT molecular complexity index is 1140. The second-order valence-electron chi connectivity index (χ2n) is 8.50. The molecule has 0 spiro atoms. The molecular weight excluding hydrogens is 455 g/mol. The Labute approximate surface area is 204 Å². The van der Waals surface area contributed by atoms with Gasteiger partial charge in [0.1, 0.15) is 30.4 Å². The number of hydrogen-bond donors (Lipinski definition) is 1. The molecule has 5 nitrogen and oxygen atoms in total. The summed E-state index contributed by atoms with van der Waals surface area (Å²) in [4.78, 5) is 7.72. The summed E-state index contributed by atoms with van der Waals surface area (Å²) < 4.78 is 20.0. The van der Waals surface area contributed by atoms with Gasteiger partial charge in [-0.1, -0.05) is 65.3 Å². The number of oxime groups is 1. The fourth-order valence-electron chi connectivity index (χ4n) is 4.02. The lowest BCUT2D eigenvalue weighted by Gasteiger charge is -2.27. The molecule has 0 amide bonds. The van der Waals surface area contributed by atoms with Crippen LogP contribution < -0.4 is 4.74 Å². The van der Waals surface area contributed by atoms with Gasteiger partial charge in [0.05, 0.1) is 5.71 Å². The van der Waals surface area contributed by atoms with Crippen LogP contribution in [0.25, 0.3) is 0 Å². The first-order valence-electron chi connectivity index (χ1n) is 11.3. The number of aliphatic hydroxyl groups excluding tert-OH is 1. The number of ether oxygens (including phenoxy) is 1. The van der Waals surface area contributed by atoms with E-state index in [1.54, 1.807) is 18.2 Å². The molecule has 0 aromatic heterocycles. The topological polar surface area (TPSA) is 54.3 Å². The standard InChI is InChI=1S/C27H28ClFN2O3/c1-19-7-2-5-12-27(19)33-18-22(32)16-31(15-20-8-6-9-21(28)13-20)17-23-14-26(30-34-23)24-10-3-4-11-25(24)29/h2-13,22-23,32H,14-18H2,1H3/t22-,23-/m0/s1. The summed E-state index contributed by atoms with van der Waals surface area (Å²) in [5.74, 6) is 0.440. The van der Waals surface area contributed by atoms with E-state index in [1.807, 2.05) is 55.5 Å². The summed E-state index contributed by atoms with van der Waals surface area (Å²) >= 11 is 6.17. The van der Waals surface area contributed by atoms with E-state index in [0.717, 1.165) is 16.9 Å². The molecule has 1 aliphatic rings. The molecule has 0 unspecified atom stereocenters. The predicted octanol–water partition coefficient (Wildman–Crippen LogP) is 5.22. The van der Waals surface area contributed by atoms with Crippen molar-refractivity contribution in [1.82, 2.24) is 4.90 Å². The molecule has 1 aliphatic heterocycles. The van der Waals surface area contributed by atoms with Gasteiger partial charge in [0.2, 0.25) is 0 Å². The summed E-state index contributed by atoms with van der Waals surface area (Å²) in [5, 5.41) is 15.5. The molecule has 0 fully saturated rings. The maximum absolute atomic E-state index is 14.2. The van der Waals surface area contributed by atoms with Crippen LogP contribution in [-0.4, -0.2) is 47.6 Å². The highest BCUT2D eigenvalue weighted by Crippen LogP contribution is 2.22. The normalized spacial score (nSPS) is 16.3. The molecule has 2 atom stereocenters. The van der Waals surface area contributed by atoms with Crippen molar-refractivity contribution in [2.24, 2.45) is 5.16 Å². The Morgan fingerprint density at radius 1 is 1.15 bits per heavy atom. The maximum atomic E-state index is 14.2. The van der Waals surface area contributed by atoms with Crippen molar-refractivity contribution in [3.05, 3.63) is 100 Å². The van der Waals surface area contributed by atoms with Gasteiger partial charge < -0.3 is 14.7 Å². The molecule has 0 saturated heterocycles. The minimum Gasteiger partial charge on any atom is -0.491 e. The number of para-hydroxylation sites is 1. The first kappa shape index (κ1) is 24.2. The fourth-order valence-corrected chi connectivity index (χ4v) is 4.23. The molecule has 3 aromatic carbocycles. The molecule has 0 aliphatic carbocycles. The highest BCUT2D eigenvalue weighted by Gasteiger charge is 2.27. The summed E-state index contributed by atoms with van der Waals surface area (Å²) in [5.41, 5.74) is 3.09. The largest absolute Gasteiger partial charge is 0.491 e. The first-order chi connectivity index (χ1) is 16.5. The van der Waals surface area contributed by atoms with Gasteiger partial charge in [0, 0.05) is 36.6 Å². The molecule has 3 aromatic rings. The Morgan fingerprint density at radius 3 is 2.74 bits per heavy atom. The van der Waals surface area contributed by atoms with E-state index < -0.39 is 6.10 Å². The fraction of sp³-hybridized carbons (Fsp3) is 0.296. The Balaban J connectivity index is 1.40. The molecule has 0 radical (unpaired) electrons. The number of nitrogens with zero attached hydrogens (tertiary/aromatic N) is 2. The lowest BCUT2D eigenvalue weighted by Crippen LogP contribution is -2.39. The van der Waals surface area contributed by atoms with Crippen molar-refractivity contribution < 1.29 is 19.1 Å². The van der Waals surface area contributed by atoms with Gasteiger partial charge in [0.15, 0.2) is 0 Å². The van der Waals surface area contributed by atoms with Crippen LogP contribution >= 0.6 is 11.6 Å². The van der Waals surface area contributed by atoms with Crippen LogP contribution in [0.1, 0.15) is 23.1 Å². The van der Waals surface area contributed by atoms with Crippen LogP contribution in [0.5, 0.6) is 5.75 Å². The van der Waals surface area contributed by atoms with Crippen LogP contribution in [0.3, 0.4) is 0 Å². The van der Waals surface area contributed by atoms with Gasteiger partial charge in [-0.15, -0.1) is 0 Å². The first-order valence-corrected chi connectivity index (χ1v) is 11.7. The highest BCUT2D eigenvalue weighted by molar-refractivity contribution is 6.30. The second kappa shape index (κ2) is 11.5. The summed E-state index contributed by atoms with van der Waals surface area (Å²) in [6, 6.07) is 21.9. The third-order valence-electron chi connectivity index (χ3n) is 5.67. The predicted molar refractivity (Wildman–Crippen MR) is 132 cm³/mol. The number of aryl methyl sites for hydroxylation is 1. The zero-order valence-corrected chi connectivity index (χ0v) is 19.8. The number of aliphatic hydroxyl groups is 1. The van der Waals surface area contributed by atoms with Crippen molar-refractivity contribution >= 4 is 17.3 Å². The van der Waals surface area contributed by atoms with E-state index in [2.05, 4.69) is 10.1 Å². The van der Waals surface area contributed by atoms with Crippen molar-refractivity contribution in [2.75, 3.05) is 19.7 Å². The number of halogens is 2. The average Bonchev–Trinajstić information content (AvgIpc) is 3.27. The molecule has 1 N–H and O–H groups in total. The van der Waals surface area contributed by atoms with Crippen LogP contribution in [0.2, 0.25) is 5.02 Å². The molecule has 0 saturated carbocycles. The van der Waals surface area contributed by atoms with E-state index in [0.29, 0.717) is 42.4 Å². The van der Waals surface area contributed by atoms with E-state index in [-0.39, 0.29) is 18.5 Å². The minimum atomic E-state index is -0.716. The minimum absolute atomic E-state index is 0.166. The molecule has 1 heterocycles. The van der Waals surface area contributed by atoms with Gasteiger partial charge in [-0.2, -0.15) is 0 Å². The zero-order valence-electron chi connectivity index (χ0n) is 19.0. The third kappa shape index (κ3) is 6.56. The van der Waals surface area contributed by atoms with Gasteiger partial charge in [0.25, 0.3) is 0 Å². The van der Waals surface area contributed by atoms with Gasteiger partial charge in [-0.05, 0) is 42.3 Å². The van der Waals surface area contributed by atoms with Crippen LogP contribution in [0.15, 0.2) is 78.0 Å². The smallest absolute Gasteiger partial charge is 0.145 e. The SMILES string of the molecule is Cc1ccccc1OC[C@@H](O)CN(Cc1cccc(Cl)c1)C[C@@H]1CC(c2ccccc2F)=NO1.